The Kier molecular flexibility index (Phi) is 5.84. The predicted molar refractivity (Wildman–Crippen MR) is 133 cm³/mol. The first-order valence-corrected chi connectivity index (χ1v) is 11.6. The minimum Gasteiger partial charge on any atom is -0.495 e. The van der Waals surface area contributed by atoms with Gasteiger partial charge in [0.1, 0.15) is 5.75 Å². The summed E-state index contributed by atoms with van der Waals surface area (Å²) in [4.78, 5) is 29.6. The van der Waals surface area contributed by atoms with Crippen LogP contribution in [0.2, 0.25) is 0 Å². The lowest BCUT2D eigenvalue weighted by atomic mass is 9.75. The third-order valence-corrected chi connectivity index (χ3v) is 6.92. The average Bonchev–Trinajstić information content (AvgIpc) is 2.88. The lowest BCUT2D eigenvalue weighted by Crippen LogP contribution is -2.49. The molecule has 2 aliphatic heterocycles. The van der Waals surface area contributed by atoms with Crippen LogP contribution in [0.3, 0.4) is 0 Å². The zero-order chi connectivity index (χ0) is 24.7. The number of nitrogens with zero attached hydrogens (tertiary/aromatic N) is 1. The fourth-order valence-electron chi connectivity index (χ4n) is 5.26. The van der Waals surface area contributed by atoms with Crippen LogP contribution < -0.4 is 19.5 Å². The fourth-order valence-corrected chi connectivity index (χ4v) is 5.26. The highest BCUT2D eigenvalue weighted by Crippen LogP contribution is 2.49. The van der Waals surface area contributed by atoms with Gasteiger partial charge in [-0.3, -0.25) is 9.59 Å². The van der Waals surface area contributed by atoms with E-state index in [1.165, 1.54) is 7.11 Å². The number of benzene rings is 3. The number of nitrogens with one attached hydrogen (secondary N) is 1. The van der Waals surface area contributed by atoms with Crippen LogP contribution in [0.1, 0.15) is 44.6 Å². The van der Waals surface area contributed by atoms with Crippen LogP contribution in [-0.2, 0) is 11.2 Å². The highest BCUT2D eigenvalue weighted by molar-refractivity contribution is 6.05. The molecule has 0 saturated carbocycles. The van der Waals surface area contributed by atoms with Crippen LogP contribution in [0.4, 0.5) is 5.69 Å². The van der Waals surface area contributed by atoms with Crippen molar-refractivity contribution in [3.63, 3.8) is 0 Å². The quantitative estimate of drug-likeness (QED) is 0.592. The SMILES string of the molecule is COc1ccc(C)cc1NC(=O)[C@@H]1c2cc(OC)c(OC)cc2C(=O)N2CCc3ccccc3[C@@H]12. The van der Waals surface area contributed by atoms with Gasteiger partial charge in [0.25, 0.3) is 5.91 Å². The monoisotopic (exact) mass is 472 g/mol. The number of anilines is 1. The molecule has 0 spiro atoms. The molecule has 0 unspecified atom stereocenters. The van der Waals surface area contributed by atoms with Crippen LogP contribution in [0.5, 0.6) is 17.2 Å². The number of hydrogen-bond donors (Lipinski definition) is 1. The standard InChI is InChI=1S/C28H28N2O5/c1-16-9-10-22(33-2)21(13-16)29-27(31)25-19-14-23(34-3)24(35-4)15-20(19)28(32)30-12-11-17-7-5-6-8-18(17)26(25)30/h5-10,13-15,25-26H,11-12H2,1-4H3,(H,29,31)/t25-,26+/m1/s1. The zero-order valence-electron chi connectivity index (χ0n) is 20.3. The van der Waals surface area contributed by atoms with Crippen molar-refractivity contribution in [3.8, 4) is 17.2 Å². The molecule has 3 aromatic rings. The maximum absolute atomic E-state index is 14.1. The fraction of sp³-hybridized carbons (Fsp3) is 0.286. The van der Waals surface area contributed by atoms with Crippen molar-refractivity contribution >= 4 is 17.5 Å². The van der Waals surface area contributed by atoms with E-state index >= 15 is 0 Å². The number of methoxy groups -OCH3 is 3. The number of rotatable bonds is 5. The lowest BCUT2D eigenvalue weighted by molar-refractivity contribution is -0.119. The largest absolute Gasteiger partial charge is 0.495 e. The first-order valence-electron chi connectivity index (χ1n) is 11.6. The molecule has 2 aliphatic rings. The molecule has 2 heterocycles. The van der Waals surface area contributed by atoms with Gasteiger partial charge >= 0.3 is 0 Å². The second-order valence-electron chi connectivity index (χ2n) is 8.86. The lowest BCUT2D eigenvalue weighted by Gasteiger charge is -2.45. The average molecular weight is 473 g/mol. The Hall–Kier alpha value is -4.00. The van der Waals surface area contributed by atoms with Crippen molar-refractivity contribution < 1.29 is 23.8 Å². The Morgan fingerprint density at radius 3 is 2.37 bits per heavy atom. The van der Waals surface area contributed by atoms with Crippen LogP contribution >= 0.6 is 0 Å². The number of ether oxygens (including phenoxy) is 3. The van der Waals surface area contributed by atoms with Crippen LogP contribution in [0.15, 0.2) is 54.6 Å². The molecule has 0 radical (unpaired) electrons. The van der Waals surface area contributed by atoms with Crippen molar-refractivity contribution in [2.24, 2.45) is 0 Å². The summed E-state index contributed by atoms with van der Waals surface area (Å²) in [6.45, 7) is 2.49. The van der Waals surface area contributed by atoms with E-state index in [-0.39, 0.29) is 11.8 Å². The molecule has 0 bridgehead atoms. The number of fused-ring (bicyclic) bond motifs is 4. The molecule has 0 aromatic heterocycles. The van der Waals surface area contributed by atoms with Crippen molar-refractivity contribution in [3.05, 3.63) is 82.4 Å². The molecule has 7 nitrogen and oxygen atoms in total. The molecular formula is C28H28N2O5. The highest BCUT2D eigenvalue weighted by Gasteiger charge is 2.47. The summed E-state index contributed by atoms with van der Waals surface area (Å²) in [6, 6.07) is 16.7. The van der Waals surface area contributed by atoms with Gasteiger partial charge in [-0.05, 0) is 59.9 Å². The van der Waals surface area contributed by atoms with E-state index in [0.717, 1.165) is 23.1 Å². The minimum atomic E-state index is -0.658. The summed E-state index contributed by atoms with van der Waals surface area (Å²) in [5, 5.41) is 3.08. The van der Waals surface area contributed by atoms with Gasteiger partial charge in [-0.25, -0.2) is 0 Å². The van der Waals surface area contributed by atoms with Crippen LogP contribution in [0, 0.1) is 6.92 Å². The summed E-state index contributed by atoms with van der Waals surface area (Å²) in [6.07, 6.45) is 0.737. The molecule has 1 N–H and O–H groups in total. The Labute approximate surface area is 204 Å². The predicted octanol–water partition coefficient (Wildman–Crippen LogP) is 4.50. The number of amides is 2. The number of aryl methyl sites for hydroxylation is 1. The molecule has 0 saturated heterocycles. The van der Waals surface area contributed by atoms with E-state index in [4.69, 9.17) is 14.2 Å². The zero-order valence-corrected chi connectivity index (χ0v) is 20.3. The normalized spacial score (nSPS) is 18.2. The van der Waals surface area contributed by atoms with Gasteiger partial charge in [0, 0.05) is 12.1 Å². The number of carbonyl (C=O) groups excluding carboxylic acids is 2. The van der Waals surface area contributed by atoms with Gasteiger partial charge in [-0.15, -0.1) is 0 Å². The van der Waals surface area contributed by atoms with E-state index in [1.54, 1.807) is 26.4 Å². The van der Waals surface area contributed by atoms with Gasteiger partial charge in [-0.2, -0.15) is 0 Å². The smallest absolute Gasteiger partial charge is 0.254 e. The van der Waals surface area contributed by atoms with Gasteiger partial charge in [0.15, 0.2) is 11.5 Å². The first kappa shape index (κ1) is 22.8. The van der Waals surface area contributed by atoms with E-state index in [0.29, 0.717) is 40.6 Å². The van der Waals surface area contributed by atoms with E-state index < -0.39 is 12.0 Å². The van der Waals surface area contributed by atoms with E-state index in [9.17, 15) is 9.59 Å². The van der Waals surface area contributed by atoms with Crippen molar-refractivity contribution in [1.29, 1.82) is 0 Å². The third kappa shape index (κ3) is 3.77. The second-order valence-corrected chi connectivity index (χ2v) is 8.86. The molecule has 5 rings (SSSR count). The molecule has 35 heavy (non-hydrogen) atoms. The minimum absolute atomic E-state index is 0.113. The Balaban J connectivity index is 1.69. The third-order valence-electron chi connectivity index (χ3n) is 6.92. The van der Waals surface area contributed by atoms with Gasteiger partial charge in [0.2, 0.25) is 5.91 Å². The highest BCUT2D eigenvalue weighted by atomic mass is 16.5. The molecular weight excluding hydrogens is 444 g/mol. The number of hydrogen-bond acceptors (Lipinski definition) is 5. The van der Waals surface area contributed by atoms with Gasteiger partial charge in [-0.1, -0.05) is 30.3 Å². The summed E-state index contributed by atoms with van der Waals surface area (Å²) < 4.78 is 16.5. The molecule has 0 fully saturated rings. The van der Waals surface area contributed by atoms with Crippen molar-refractivity contribution in [1.82, 2.24) is 4.90 Å². The Morgan fingerprint density at radius 2 is 1.63 bits per heavy atom. The maximum Gasteiger partial charge on any atom is 0.254 e. The molecule has 3 aromatic carbocycles. The van der Waals surface area contributed by atoms with Crippen LogP contribution in [0.25, 0.3) is 0 Å². The summed E-state index contributed by atoms with van der Waals surface area (Å²) in [5.74, 6) is 0.509. The van der Waals surface area contributed by atoms with E-state index in [1.807, 2.05) is 48.2 Å². The van der Waals surface area contributed by atoms with Gasteiger partial charge in [0.05, 0.1) is 39.0 Å². The molecule has 2 amide bonds. The summed E-state index contributed by atoms with van der Waals surface area (Å²) >= 11 is 0. The topological polar surface area (TPSA) is 77.1 Å². The maximum atomic E-state index is 14.1. The first-order chi connectivity index (χ1) is 17.0. The summed E-state index contributed by atoms with van der Waals surface area (Å²) in [5.41, 5.74) is 4.80. The Bertz CT molecular complexity index is 1320. The molecule has 180 valence electrons. The molecule has 2 atom stereocenters. The van der Waals surface area contributed by atoms with Crippen LogP contribution in [-0.4, -0.2) is 44.6 Å². The molecule has 7 heteroatoms. The summed E-state index contributed by atoms with van der Waals surface area (Å²) in [7, 11) is 4.65. The van der Waals surface area contributed by atoms with E-state index in [2.05, 4.69) is 11.4 Å². The Morgan fingerprint density at radius 1 is 0.914 bits per heavy atom. The number of carbonyl (C=O) groups is 2. The van der Waals surface area contributed by atoms with Crippen molar-refractivity contribution in [2.45, 2.75) is 25.3 Å². The molecule has 0 aliphatic carbocycles. The van der Waals surface area contributed by atoms with Gasteiger partial charge < -0.3 is 24.4 Å². The second kappa shape index (κ2) is 8.98. The van der Waals surface area contributed by atoms with Crippen molar-refractivity contribution in [2.75, 3.05) is 33.2 Å².